The Morgan fingerprint density at radius 2 is 2.00 bits per heavy atom. The summed E-state index contributed by atoms with van der Waals surface area (Å²) in [7, 11) is 0. The van der Waals surface area contributed by atoms with Gasteiger partial charge in [0.1, 0.15) is 18.8 Å². The zero-order chi connectivity index (χ0) is 18.0. The predicted molar refractivity (Wildman–Crippen MR) is 97.5 cm³/mol. The molecule has 2 fully saturated rings. The summed E-state index contributed by atoms with van der Waals surface area (Å²) in [6.07, 6.45) is 3.44. The smallest absolute Gasteiger partial charge is 0.249 e. The fourth-order valence-corrected chi connectivity index (χ4v) is 4.04. The monoisotopic (exact) mass is 360 g/mol. The zero-order valence-electron chi connectivity index (χ0n) is 15.4. The maximum atomic E-state index is 11.8. The van der Waals surface area contributed by atoms with Crippen molar-refractivity contribution in [2.24, 2.45) is 0 Å². The molecular formula is C20H28N2O4. The van der Waals surface area contributed by atoms with Crippen LogP contribution in [-0.4, -0.2) is 61.4 Å². The number of amides is 1. The first-order valence-corrected chi connectivity index (χ1v) is 9.74. The van der Waals surface area contributed by atoms with E-state index in [1.807, 2.05) is 31.2 Å². The molecule has 1 aromatic rings. The second kappa shape index (κ2) is 7.45. The number of hydrogen-bond acceptors (Lipinski definition) is 5. The summed E-state index contributed by atoms with van der Waals surface area (Å²) in [5.74, 6) is 1.72. The van der Waals surface area contributed by atoms with Crippen LogP contribution in [0.4, 0.5) is 0 Å². The van der Waals surface area contributed by atoms with Crippen LogP contribution in [0, 0.1) is 0 Å². The molecule has 0 radical (unpaired) electrons. The van der Waals surface area contributed by atoms with Gasteiger partial charge in [-0.15, -0.1) is 0 Å². The van der Waals surface area contributed by atoms with Gasteiger partial charge in [-0.05, 0) is 31.4 Å². The van der Waals surface area contributed by atoms with Crippen LogP contribution in [0.2, 0.25) is 0 Å². The highest BCUT2D eigenvalue weighted by molar-refractivity contribution is 5.81. The van der Waals surface area contributed by atoms with Crippen molar-refractivity contribution >= 4 is 5.91 Å². The topological polar surface area (TPSA) is 60.0 Å². The number of carbonyl (C=O) groups is 1. The Bertz CT molecular complexity index is 642. The molecule has 1 amide bonds. The minimum absolute atomic E-state index is 0.0373. The summed E-state index contributed by atoms with van der Waals surface area (Å²) in [6, 6.07) is 7.85. The number of morpholine rings is 1. The van der Waals surface area contributed by atoms with E-state index in [9.17, 15) is 4.79 Å². The van der Waals surface area contributed by atoms with Gasteiger partial charge in [-0.3, -0.25) is 4.79 Å². The van der Waals surface area contributed by atoms with E-state index < -0.39 is 0 Å². The lowest BCUT2D eigenvalue weighted by Gasteiger charge is -2.46. The molecule has 1 aromatic carbocycles. The molecule has 4 rings (SSSR count). The van der Waals surface area contributed by atoms with Crippen LogP contribution in [0.1, 0.15) is 32.6 Å². The maximum Gasteiger partial charge on any atom is 0.249 e. The Kier molecular flexibility index (Phi) is 5.05. The number of rotatable bonds is 4. The maximum absolute atomic E-state index is 11.8. The summed E-state index contributed by atoms with van der Waals surface area (Å²) >= 11 is 0. The van der Waals surface area contributed by atoms with Crippen molar-refractivity contribution in [1.29, 1.82) is 0 Å². The minimum atomic E-state index is -0.289. The van der Waals surface area contributed by atoms with Crippen molar-refractivity contribution < 1.29 is 19.0 Å². The average Bonchev–Trinajstić information content (AvgIpc) is 2.69. The number of fused-ring (bicyclic) bond motifs is 1. The van der Waals surface area contributed by atoms with Crippen LogP contribution in [0.15, 0.2) is 24.3 Å². The number of likely N-dealkylation sites (tertiary alicyclic amines) is 1. The lowest BCUT2D eigenvalue weighted by molar-refractivity contribution is -0.171. The average molecular weight is 360 g/mol. The molecule has 0 saturated carbocycles. The van der Waals surface area contributed by atoms with E-state index in [1.54, 1.807) is 0 Å². The van der Waals surface area contributed by atoms with E-state index in [0.717, 1.165) is 56.8 Å². The van der Waals surface area contributed by atoms with Gasteiger partial charge in [0.2, 0.25) is 5.91 Å². The fourth-order valence-electron chi connectivity index (χ4n) is 4.04. The standard InChI is InChI=1S/C20H28N2O4/c1-2-16-19(23)21-14-20(26-16)8-11-22(12-9-20)10-7-15-13-24-17-5-3-4-6-18(17)25-15/h3-6,15-16H,2,7-14H2,1H3,(H,21,23). The van der Waals surface area contributed by atoms with Crippen molar-refractivity contribution in [1.82, 2.24) is 10.2 Å². The first kappa shape index (κ1) is 17.6. The summed E-state index contributed by atoms with van der Waals surface area (Å²) < 4.78 is 18.0. The fraction of sp³-hybridized carbons (Fsp3) is 0.650. The van der Waals surface area contributed by atoms with E-state index in [4.69, 9.17) is 14.2 Å². The van der Waals surface area contributed by atoms with Crippen LogP contribution in [0.3, 0.4) is 0 Å². The minimum Gasteiger partial charge on any atom is -0.486 e. The Morgan fingerprint density at radius 3 is 2.77 bits per heavy atom. The van der Waals surface area contributed by atoms with Gasteiger partial charge in [0.25, 0.3) is 0 Å². The highest BCUT2D eigenvalue weighted by atomic mass is 16.6. The molecule has 3 heterocycles. The van der Waals surface area contributed by atoms with Crippen LogP contribution in [0.5, 0.6) is 11.5 Å². The first-order chi connectivity index (χ1) is 12.7. The van der Waals surface area contributed by atoms with Crippen LogP contribution < -0.4 is 14.8 Å². The molecule has 2 saturated heterocycles. The van der Waals surface area contributed by atoms with Gasteiger partial charge in [0.15, 0.2) is 11.5 Å². The summed E-state index contributed by atoms with van der Waals surface area (Å²) in [5, 5.41) is 3.03. The number of benzene rings is 1. The highest BCUT2D eigenvalue weighted by Gasteiger charge is 2.42. The molecule has 1 spiro atoms. The van der Waals surface area contributed by atoms with Crippen LogP contribution >= 0.6 is 0 Å². The highest BCUT2D eigenvalue weighted by Crippen LogP contribution is 2.33. The second-order valence-electron chi connectivity index (χ2n) is 7.54. The Hall–Kier alpha value is -1.79. The first-order valence-electron chi connectivity index (χ1n) is 9.74. The predicted octanol–water partition coefficient (Wildman–Crippen LogP) is 1.98. The van der Waals surface area contributed by atoms with Gasteiger partial charge in [-0.1, -0.05) is 19.1 Å². The number of piperidine rings is 1. The van der Waals surface area contributed by atoms with Crippen LogP contribution in [-0.2, 0) is 9.53 Å². The van der Waals surface area contributed by atoms with Gasteiger partial charge in [-0.25, -0.2) is 0 Å². The van der Waals surface area contributed by atoms with Crippen molar-refractivity contribution in [2.75, 3.05) is 32.8 Å². The normalized spacial score (nSPS) is 28.0. The molecule has 26 heavy (non-hydrogen) atoms. The number of nitrogens with one attached hydrogen (secondary N) is 1. The third kappa shape index (κ3) is 3.67. The number of ether oxygens (including phenoxy) is 3. The van der Waals surface area contributed by atoms with Crippen LogP contribution in [0.25, 0.3) is 0 Å². The molecule has 0 aromatic heterocycles. The number of hydrogen-bond donors (Lipinski definition) is 1. The quantitative estimate of drug-likeness (QED) is 0.890. The van der Waals surface area contributed by atoms with Gasteiger partial charge in [0.05, 0.1) is 5.60 Å². The molecule has 3 aliphatic rings. The molecule has 142 valence electrons. The van der Waals surface area contributed by atoms with Crippen molar-refractivity contribution in [3.63, 3.8) is 0 Å². The van der Waals surface area contributed by atoms with E-state index in [1.165, 1.54) is 0 Å². The number of nitrogens with zero attached hydrogens (tertiary/aromatic N) is 1. The van der Waals surface area contributed by atoms with Crippen molar-refractivity contribution in [3.8, 4) is 11.5 Å². The molecule has 2 unspecified atom stereocenters. The molecule has 0 bridgehead atoms. The number of carbonyl (C=O) groups excluding carboxylic acids is 1. The van der Waals surface area contributed by atoms with Crippen molar-refractivity contribution in [2.45, 2.75) is 50.4 Å². The lowest BCUT2D eigenvalue weighted by atomic mass is 9.89. The van der Waals surface area contributed by atoms with Gasteiger partial charge in [0, 0.05) is 32.6 Å². The molecular weight excluding hydrogens is 332 g/mol. The third-order valence-corrected chi connectivity index (χ3v) is 5.74. The van der Waals surface area contributed by atoms with E-state index in [-0.39, 0.29) is 23.7 Å². The van der Waals surface area contributed by atoms with E-state index in [2.05, 4.69) is 10.2 Å². The molecule has 2 atom stereocenters. The Balaban J connectivity index is 1.24. The largest absolute Gasteiger partial charge is 0.486 e. The van der Waals surface area contributed by atoms with Gasteiger partial charge in [-0.2, -0.15) is 0 Å². The summed E-state index contributed by atoms with van der Waals surface area (Å²) in [4.78, 5) is 14.3. The molecule has 6 nitrogen and oxygen atoms in total. The Morgan fingerprint density at radius 1 is 1.23 bits per heavy atom. The molecule has 1 N–H and O–H groups in total. The summed E-state index contributed by atoms with van der Waals surface area (Å²) in [5.41, 5.74) is -0.172. The number of para-hydroxylation sites is 2. The summed E-state index contributed by atoms with van der Waals surface area (Å²) in [6.45, 7) is 6.25. The van der Waals surface area contributed by atoms with Gasteiger partial charge >= 0.3 is 0 Å². The molecule has 3 aliphatic heterocycles. The molecule has 0 aliphatic carbocycles. The van der Waals surface area contributed by atoms with E-state index >= 15 is 0 Å². The zero-order valence-corrected chi connectivity index (χ0v) is 15.4. The second-order valence-corrected chi connectivity index (χ2v) is 7.54. The lowest BCUT2D eigenvalue weighted by Crippen LogP contribution is -2.60. The molecule has 6 heteroatoms. The van der Waals surface area contributed by atoms with Gasteiger partial charge < -0.3 is 24.4 Å². The Labute approximate surface area is 154 Å². The van der Waals surface area contributed by atoms with E-state index in [0.29, 0.717) is 13.2 Å². The van der Waals surface area contributed by atoms with Crippen molar-refractivity contribution in [3.05, 3.63) is 24.3 Å². The third-order valence-electron chi connectivity index (χ3n) is 5.74. The SMILES string of the molecule is CCC1OC2(CCN(CCC3COc4ccccc4O3)CC2)CNC1=O.